The number of aryl methyl sites for hydroxylation is 1. The molecular formula is C37H40N2O3. The number of hydrogen-bond donors (Lipinski definition) is 1. The highest BCUT2D eigenvalue weighted by atomic mass is 16.2. The summed E-state index contributed by atoms with van der Waals surface area (Å²) in [5.74, 6) is -0.875. The van der Waals surface area contributed by atoms with Crippen LogP contribution in [0.5, 0.6) is 0 Å². The van der Waals surface area contributed by atoms with Crippen molar-refractivity contribution in [2.45, 2.75) is 72.4 Å². The zero-order chi connectivity index (χ0) is 30.1. The van der Waals surface area contributed by atoms with Gasteiger partial charge in [0.05, 0.1) is 12.0 Å². The van der Waals surface area contributed by atoms with Gasteiger partial charge in [-0.2, -0.15) is 0 Å². The van der Waals surface area contributed by atoms with E-state index in [0.29, 0.717) is 17.2 Å². The third-order valence-electron chi connectivity index (χ3n) is 9.30. The van der Waals surface area contributed by atoms with Gasteiger partial charge in [-0.25, -0.2) is 0 Å². The summed E-state index contributed by atoms with van der Waals surface area (Å²) in [6, 6.07) is 20.3. The van der Waals surface area contributed by atoms with Crippen LogP contribution in [-0.2, 0) is 21.4 Å². The summed E-state index contributed by atoms with van der Waals surface area (Å²) in [7, 11) is 0. The molecule has 0 saturated carbocycles. The lowest BCUT2D eigenvalue weighted by Gasteiger charge is -2.40. The highest BCUT2D eigenvalue weighted by Gasteiger charge is 2.71. The van der Waals surface area contributed by atoms with Gasteiger partial charge in [-0.3, -0.25) is 14.4 Å². The molecule has 216 valence electrons. The van der Waals surface area contributed by atoms with Crippen LogP contribution in [0.25, 0.3) is 5.57 Å². The molecule has 3 aliphatic heterocycles. The van der Waals surface area contributed by atoms with E-state index < -0.39 is 28.8 Å². The molecule has 3 heterocycles. The molecule has 0 radical (unpaired) electrons. The van der Waals surface area contributed by atoms with Crippen LogP contribution in [0.4, 0.5) is 11.4 Å². The van der Waals surface area contributed by atoms with Gasteiger partial charge in [0, 0.05) is 27.9 Å². The fourth-order valence-electron chi connectivity index (χ4n) is 7.45. The normalized spacial score (nSPS) is 24.3. The number of allylic oxidation sites excluding steroid dienone is 1. The number of amides is 1. The number of para-hydroxylation sites is 1. The van der Waals surface area contributed by atoms with Crippen LogP contribution in [0, 0.1) is 24.2 Å². The molecule has 0 bridgehead atoms. The maximum Gasteiger partial charge on any atom is 0.238 e. The molecule has 4 atom stereocenters. The number of nitrogens with one attached hydrogen (secondary N) is 1. The highest BCUT2D eigenvalue weighted by Crippen LogP contribution is 2.59. The van der Waals surface area contributed by atoms with Gasteiger partial charge in [0.1, 0.15) is 11.5 Å². The van der Waals surface area contributed by atoms with Gasteiger partial charge in [-0.15, -0.1) is 0 Å². The first-order valence-corrected chi connectivity index (χ1v) is 15.0. The van der Waals surface area contributed by atoms with E-state index in [2.05, 4.69) is 56.1 Å². The average Bonchev–Trinajstić information content (AvgIpc) is 3.40. The van der Waals surface area contributed by atoms with Gasteiger partial charge in [0.25, 0.3) is 0 Å². The SMILES string of the molecule is CC1=CC2N(c3ccc(C)cc31)C(C(=O)C(C)(C)C)C(C(=O)c1ccc(CC(C)C)cc1)C21C(=O)Nc2ccccc21. The fourth-order valence-corrected chi connectivity index (χ4v) is 7.45. The van der Waals surface area contributed by atoms with E-state index >= 15 is 0 Å². The highest BCUT2D eigenvalue weighted by molar-refractivity contribution is 6.17. The Bertz CT molecular complexity index is 1640. The summed E-state index contributed by atoms with van der Waals surface area (Å²) in [6.07, 6.45) is 3.03. The summed E-state index contributed by atoms with van der Waals surface area (Å²) in [5.41, 5.74) is 5.24. The van der Waals surface area contributed by atoms with Gasteiger partial charge >= 0.3 is 0 Å². The molecule has 0 aromatic heterocycles. The molecular weight excluding hydrogens is 520 g/mol. The second-order valence-electron chi connectivity index (χ2n) is 13.8. The Labute approximate surface area is 249 Å². The van der Waals surface area contributed by atoms with Gasteiger partial charge in [0.2, 0.25) is 5.91 Å². The summed E-state index contributed by atoms with van der Waals surface area (Å²) < 4.78 is 0. The Hall–Kier alpha value is -3.99. The molecule has 3 aromatic carbocycles. The number of ketones is 2. The maximum absolute atomic E-state index is 15.0. The Morgan fingerprint density at radius 3 is 2.33 bits per heavy atom. The Morgan fingerprint density at radius 2 is 1.67 bits per heavy atom. The van der Waals surface area contributed by atoms with Crippen LogP contribution in [0.2, 0.25) is 0 Å². The van der Waals surface area contributed by atoms with Crippen LogP contribution in [0.15, 0.2) is 72.8 Å². The average molecular weight is 561 g/mol. The zero-order valence-corrected chi connectivity index (χ0v) is 25.6. The summed E-state index contributed by atoms with van der Waals surface area (Å²) in [5, 5.41) is 3.12. The minimum absolute atomic E-state index is 0.0455. The van der Waals surface area contributed by atoms with Gasteiger partial charge < -0.3 is 10.2 Å². The number of rotatable bonds is 5. The Kier molecular flexibility index (Phi) is 6.56. The van der Waals surface area contributed by atoms with Crippen molar-refractivity contribution in [3.63, 3.8) is 0 Å². The first-order chi connectivity index (χ1) is 19.9. The quantitative estimate of drug-likeness (QED) is 0.336. The largest absolute Gasteiger partial charge is 0.352 e. The molecule has 1 saturated heterocycles. The second kappa shape index (κ2) is 9.79. The van der Waals surface area contributed by atoms with E-state index in [1.807, 2.05) is 75.4 Å². The second-order valence-corrected chi connectivity index (χ2v) is 13.8. The van der Waals surface area contributed by atoms with E-state index in [0.717, 1.165) is 39.9 Å². The number of fused-ring (bicyclic) bond motifs is 6. The molecule has 5 heteroatoms. The topological polar surface area (TPSA) is 66.5 Å². The lowest BCUT2D eigenvalue weighted by molar-refractivity contribution is -0.128. The molecule has 6 rings (SSSR count). The molecule has 1 spiro atoms. The van der Waals surface area contributed by atoms with Crippen molar-refractivity contribution >= 4 is 34.4 Å². The molecule has 3 aromatic rings. The number of benzene rings is 3. The minimum Gasteiger partial charge on any atom is -0.352 e. The van der Waals surface area contributed by atoms with Crippen LogP contribution >= 0.6 is 0 Å². The number of hydrogen-bond acceptors (Lipinski definition) is 4. The standard InChI is InChI=1S/C37H40N2O3/c1-21(2)18-24-13-15-25(16-14-24)33(40)31-32(34(41)36(5,6)7)39-29-17-12-22(3)19-26(29)23(4)20-30(39)37(31)27-10-8-9-11-28(27)38-35(37)42/h8-17,19-21,30-32H,18H2,1-7H3,(H,38,42). The lowest BCUT2D eigenvalue weighted by atomic mass is 9.63. The molecule has 3 aliphatic rings. The Balaban J connectivity index is 1.64. The van der Waals surface area contributed by atoms with Crippen LogP contribution < -0.4 is 10.2 Å². The van der Waals surface area contributed by atoms with Crippen LogP contribution in [0.3, 0.4) is 0 Å². The van der Waals surface area contributed by atoms with Crippen molar-refractivity contribution in [2.75, 3.05) is 10.2 Å². The van der Waals surface area contributed by atoms with E-state index in [4.69, 9.17) is 0 Å². The number of anilines is 2. The summed E-state index contributed by atoms with van der Waals surface area (Å²) in [6.45, 7) is 14.2. The minimum atomic E-state index is -1.28. The van der Waals surface area contributed by atoms with E-state index in [1.54, 1.807) is 0 Å². The summed E-state index contributed by atoms with van der Waals surface area (Å²) >= 11 is 0. The Morgan fingerprint density at radius 1 is 0.976 bits per heavy atom. The van der Waals surface area contributed by atoms with Crippen molar-refractivity contribution < 1.29 is 14.4 Å². The molecule has 1 amide bonds. The zero-order valence-electron chi connectivity index (χ0n) is 25.6. The monoisotopic (exact) mass is 560 g/mol. The van der Waals surface area contributed by atoms with Crippen molar-refractivity contribution in [3.05, 3.63) is 101 Å². The van der Waals surface area contributed by atoms with E-state index in [9.17, 15) is 14.4 Å². The molecule has 5 nitrogen and oxygen atoms in total. The number of Topliss-reactive ketones (excluding diaryl/α,β-unsaturated/α-hetero) is 2. The third kappa shape index (κ3) is 4.08. The molecule has 4 unspecified atom stereocenters. The fraction of sp³-hybridized carbons (Fsp3) is 0.378. The van der Waals surface area contributed by atoms with Crippen molar-refractivity contribution in [2.24, 2.45) is 17.3 Å². The lowest BCUT2D eigenvalue weighted by Crippen LogP contribution is -2.51. The molecule has 1 fully saturated rings. The third-order valence-corrected chi connectivity index (χ3v) is 9.30. The predicted octanol–water partition coefficient (Wildman–Crippen LogP) is 7.17. The summed E-state index contributed by atoms with van der Waals surface area (Å²) in [4.78, 5) is 46.2. The van der Waals surface area contributed by atoms with Crippen molar-refractivity contribution in [1.29, 1.82) is 0 Å². The first kappa shape index (κ1) is 28.1. The van der Waals surface area contributed by atoms with Crippen molar-refractivity contribution in [3.8, 4) is 0 Å². The maximum atomic E-state index is 15.0. The first-order valence-electron chi connectivity index (χ1n) is 15.0. The van der Waals surface area contributed by atoms with Gasteiger partial charge in [-0.1, -0.05) is 94.8 Å². The van der Waals surface area contributed by atoms with E-state index in [-0.39, 0.29) is 17.5 Å². The van der Waals surface area contributed by atoms with Crippen LogP contribution in [-0.4, -0.2) is 29.6 Å². The smallest absolute Gasteiger partial charge is 0.238 e. The molecule has 1 N–H and O–H groups in total. The van der Waals surface area contributed by atoms with E-state index in [1.165, 1.54) is 0 Å². The van der Waals surface area contributed by atoms with Gasteiger partial charge in [-0.05, 0) is 61.1 Å². The number of carbonyl (C=O) groups is 3. The predicted molar refractivity (Wildman–Crippen MR) is 169 cm³/mol. The molecule has 0 aliphatic carbocycles. The van der Waals surface area contributed by atoms with Crippen molar-refractivity contribution in [1.82, 2.24) is 0 Å². The van der Waals surface area contributed by atoms with Crippen LogP contribution in [0.1, 0.15) is 74.2 Å². The number of carbonyl (C=O) groups excluding carboxylic acids is 3. The molecule has 42 heavy (non-hydrogen) atoms. The number of nitrogens with zero attached hydrogens (tertiary/aromatic N) is 1. The van der Waals surface area contributed by atoms with Gasteiger partial charge in [0.15, 0.2) is 11.6 Å².